The fraction of sp³-hybridized carbons (Fsp3) is 0.600. The van der Waals surface area contributed by atoms with Crippen molar-refractivity contribution >= 4 is 55.4 Å². The summed E-state index contributed by atoms with van der Waals surface area (Å²) in [4.78, 5) is 39.0. The van der Waals surface area contributed by atoms with Crippen LogP contribution >= 0.6 is 31.9 Å². The van der Waals surface area contributed by atoms with Crippen LogP contribution < -0.4 is 5.32 Å². The van der Waals surface area contributed by atoms with E-state index in [9.17, 15) is 14.4 Å². The molecule has 7 nitrogen and oxygen atoms in total. The smallest absolute Gasteiger partial charge is 0.245 e. The number of amides is 3. The third kappa shape index (κ3) is 2.28. The van der Waals surface area contributed by atoms with Gasteiger partial charge in [-0.1, -0.05) is 37.0 Å². The lowest BCUT2D eigenvalue weighted by Gasteiger charge is -2.28. The van der Waals surface area contributed by atoms with E-state index in [0.29, 0.717) is 5.76 Å². The summed E-state index contributed by atoms with van der Waals surface area (Å²) in [7, 11) is 0. The van der Waals surface area contributed by atoms with E-state index in [0.717, 1.165) is 11.3 Å². The lowest BCUT2D eigenvalue weighted by Crippen LogP contribution is -2.39. The van der Waals surface area contributed by atoms with Gasteiger partial charge in [-0.05, 0) is 25.2 Å². The normalized spacial score (nSPS) is 37.2. The van der Waals surface area contributed by atoms with E-state index in [1.165, 1.54) is 0 Å². The van der Waals surface area contributed by atoms with E-state index < -0.39 is 5.91 Å². The predicted molar refractivity (Wildman–Crippen MR) is 90.6 cm³/mol. The molecule has 1 aliphatic heterocycles. The zero-order valence-electron chi connectivity index (χ0n) is 12.7. The van der Waals surface area contributed by atoms with Gasteiger partial charge in [-0.15, -0.1) is 0 Å². The largest absolute Gasteiger partial charge is 0.360 e. The van der Waals surface area contributed by atoms with Gasteiger partial charge < -0.3 is 9.84 Å². The van der Waals surface area contributed by atoms with Gasteiger partial charge >= 0.3 is 0 Å². The van der Waals surface area contributed by atoms with E-state index in [1.54, 1.807) is 13.0 Å². The van der Waals surface area contributed by atoms with Crippen LogP contribution in [0.25, 0.3) is 0 Å². The molecule has 0 aromatic carbocycles. The van der Waals surface area contributed by atoms with Gasteiger partial charge in [-0.3, -0.25) is 19.3 Å². The lowest BCUT2D eigenvalue weighted by atomic mass is 9.81. The van der Waals surface area contributed by atoms with E-state index >= 15 is 0 Å². The molecule has 0 radical (unpaired) electrons. The van der Waals surface area contributed by atoms with Crippen LogP contribution in [0.3, 0.4) is 0 Å². The molecule has 2 aliphatic carbocycles. The van der Waals surface area contributed by atoms with Gasteiger partial charge in [-0.2, -0.15) is 0 Å². The Morgan fingerprint density at radius 3 is 2.38 bits per heavy atom. The molecule has 3 amide bonds. The van der Waals surface area contributed by atoms with Crippen molar-refractivity contribution in [2.24, 2.45) is 23.7 Å². The summed E-state index contributed by atoms with van der Waals surface area (Å²) >= 11 is 7.27. The highest BCUT2D eigenvalue weighted by atomic mass is 79.9. The quantitative estimate of drug-likeness (QED) is 0.547. The fourth-order valence-corrected chi connectivity index (χ4v) is 6.19. The Labute approximate surface area is 154 Å². The molecule has 1 aromatic rings. The number of imide groups is 1. The van der Waals surface area contributed by atoms with Crippen LogP contribution in [0.2, 0.25) is 0 Å². The Balaban J connectivity index is 1.48. The molecule has 24 heavy (non-hydrogen) atoms. The third-order valence-electron chi connectivity index (χ3n) is 5.28. The summed E-state index contributed by atoms with van der Waals surface area (Å²) in [5.74, 6) is -0.386. The van der Waals surface area contributed by atoms with Crippen LogP contribution in [0, 0.1) is 30.6 Å². The molecule has 0 spiro atoms. The highest BCUT2D eigenvalue weighted by Crippen LogP contribution is 2.60. The molecule has 0 unspecified atom stereocenters. The fourth-order valence-electron chi connectivity index (χ4n) is 4.32. The molecule has 1 aromatic heterocycles. The van der Waals surface area contributed by atoms with Gasteiger partial charge in [0, 0.05) is 15.7 Å². The number of aromatic nitrogens is 1. The highest BCUT2D eigenvalue weighted by Gasteiger charge is 2.66. The standard InChI is InChI=1S/C15H15Br2N3O4/c1-5-2-8(19-24-5)18-9(21)4-20-14(22)10-6-3-7(11(10)15(20)23)13(17)12(6)16/h2,6-7,10-13H,3-4H2,1H3,(H,18,19,21)/t6-,7-,10-,11-,12-,13+/m1/s1. The predicted octanol–water partition coefficient (Wildman–Crippen LogP) is 1.70. The second kappa shape index (κ2) is 5.66. The molecule has 2 saturated carbocycles. The topological polar surface area (TPSA) is 92.5 Å². The molecule has 2 bridgehead atoms. The number of aryl methyl sites for hydroxylation is 1. The molecule has 4 rings (SSSR count). The molecule has 1 saturated heterocycles. The van der Waals surface area contributed by atoms with Crippen molar-refractivity contribution in [3.05, 3.63) is 11.8 Å². The maximum atomic E-state index is 12.7. The number of anilines is 1. The summed E-state index contributed by atoms with van der Waals surface area (Å²) in [5, 5.41) is 6.22. The van der Waals surface area contributed by atoms with Crippen molar-refractivity contribution in [3.63, 3.8) is 0 Å². The number of alkyl halides is 2. The first kappa shape index (κ1) is 16.3. The van der Waals surface area contributed by atoms with E-state index in [4.69, 9.17) is 4.52 Å². The SMILES string of the molecule is Cc1cc(NC(=O)CN2C(=O)[C@@H]3[C@H]4C[C@@H]([C@@H](Br)[C@H]4Br)[C@H]3C2=O)no1. The number of nitrogens with zero attached hydrogens (tertiary/aromatic N) is 2. The van der Waals surface area contributed by atoms with Gasteiger partial charge in [0.15, 0.2) is 5.82 Å². The Kier molecular flexibility index (Phi) is 3.83. The molecular formula is C15H15Br2N3O4. The second-order valence-corrected chi connectivity index (χ2v) is 8.75. The molecule has 2 heterocycles. The van der Waals surface area contributed by atoms with E-state index in [2.05, 4.69) is 42.3 Å². The third-order valence-corrected chi connectivity index (χ3v) is 8.48. The highest BCUT2D eigenvalue weighted by molar-refractivity contribution is 9.12. The Morgan fingerprint density at radius 1 is 1.29 bits per heavy atom. The zero-order valence-corrected chi connectivity index (χ0v) is 15.9. The van der Waals surface area contributed by atoms with E-state index in [1.807, 2.05) is 0 Å². The average Bonchev–Trinajstić information content (AvgIpc) is 3.23. The number of carbonyl (C=O) groups is 3. The van der Waals surface area contributed by atoms with Crippen molar-refractivity contribution in [2.75, 3.05) is 11.9 Å². The number of likely N-dealkylation sites (tertiary alicyclic amines) is 1. The van der Waals surface area contributed by atoms with Crippen LogP contribution in [0.5, 0.6) is 0 Å². The molecule has 9 heteroatoms. The second-order valence-electron chi connectivity index (χ2n) is 6.64. The number of nitrogens with one attached hydrogen (secondary N) is 1. The molecule has 3 aliphatic rings. The minimum Gasteiger partial charge on any atom is -0.360 e. The summed E-state index contributed by atoms with van der Waals surface area (Å²) in [5.41, 5.74) is 0. The first-order valence-corrected chi connectivity index (χ1v) is 9.58. The number of rotatable bonds is 3. The minimum absolute atomic E-state index is 0.145. The summed E-state index contributed by atoms with van der Waals surface area (Å²) in [6.45, 7) is 1.43. The van der Waals surface area contributed by atoms with Gasteiger partial charge in [0.2, 0.25) is 17.7 Å². The lowest BCUT2D eigenvalue weighted by molar-refractivity contribution is -0.143. The van der Waals surface area contributed by atoms with E-state index in [-0.39, 0.29) is 57.5 Å². The number of halogens is 2. The molecule has 128 valence electrons. The maximum Gasteiger partial charge on any atom is 0.245 e. The van der Waals surface area contributed by atoms with Gasteiger partial charge in [-0.25, -0.2) is 0 Å². The van der Waals surface area contributed by atoms with Crippen LogP contribution in [0.15, 0.2) is 10.6 Å². The van der Waals surface area contributed by atoms with Gasteiger partial charge in [0.05, 0.1) is 11.8 Å². The first-order valence-electron chi connectivity index (χ1n) is 7.75. The Hall–Kier alpha value is -1.22. The maximum absolute atomic E-state index is 12.7. The van der Waals surface area contributed by atoms with Crippen LogP contribution in [-0.4, -0.2) is 44.0 Å². The van der Waals surface area contributed by atoms with Crippen molar-refractivity contribution in [3.8, 4) is 0 Å². The van der Waals surface area contributed by atoms with Gasteiger partial charge in [0.1, 0.15) is 12.3 Å². The molecule has 3 fully saturated rings. The monoisotopic (exact) mass is 459 g/mol. The van der Waals surface area contributed by atoms with Crippen molar-refractivity contribution in [1.29, 1.82) is 0 Å². The van der Waals surface area contributed by atoms with Crippen molar-refractivity contribution < 1.29 is 18.9 Å². The van der Waals surface area contributed by atoms with Crippen LogP contribution in [-0.2, 0) is 14.4 Å². The number of carbonyl (C=O) groups excluding carboxylic acids is 3. The average molecular weight is 461 g/mol. The summed E-state index contributed by atoms with van der Waals surface area (Å²) < 4.78 is 4.88. The van der Waals surface area contributed by atoms with Gasteiger partial charge in [0.25, 0.3) is 0 Å². The Bertz CT molecular complexity index is 704. The number of fused-ring (bicyclic) bond motifs is 5. The molecule has 1 N–H and O–H groups in total. The Morgan fingerprint density at radius 2 is 1.88 bits per heavy atom. The molecule has 6 atom stereocenters. The van der Waals surface area contributed by atoms with Crippen LogP contribution in [0.1, 0.15) is 12.2 Å². The van der Waals surface area contributed by atoms with Crippen LogP contribution in [0.4, 0.5) is 5.82 Å². The number of hydrogen-bond acceptors (Lipinski definition) is 5. The molecular weight excluding hydrogens is 446 g/mol. The zero-order chi connectivity index (χ0) is 17.2. The number of hydrogen-bond donors (Lipinski definition) is 1. The van der Waals surface area contributed by atoms with Crippen molar-refractivity contribution in [2.45, 2.75) is 23.0 Å². The summed E-state index contributed by atoms with van der Waals surface area (Å²) in [6, 6.07) is 1.57. The van der Waals surface area contributed by atoms with Crippen molar-refractivity contribution in [1.82, 2.24) is 10.1 Å². The minimum atomic E-state index is -0.455. The summed E-state index contributed by atoms with van der Waals surface area (Å²) in [6.07, 6.45) is 0.872. The first-order chi connectivity index (χ1) is 11.4.